The van der Waals surface area contributed by atoms with Crippen LogP contribution in [0.3, 0.4) is 0 Å². The largest absolute Gasteiger partial charge is 0.412 e. The number of fused-ring (bicyclic) bond motifs is 1. The van der Waals surface area contributed by atoms with E-state index in [9.17, 15) is 13.6 Å². The standard InChI is InChI=1S/C22H21F2N7O2/c23-14-3-4-17(24)16(10-14)18-2-1-8-30(18)20-6-9-31-21(29-20)19(12-28-31)33-22(32)26-7-5-15-11-25-13-27-15/h3-4,6,9-13,18H,1-2,5,7-8H2,(H,25,27)(H,26,32)/t18-/m1/s1. The quantitative estimate of drug-likeness (QED) is 0.464. The molecule has 5 rings (SSSR count). The molecule has 0 spiro atoms. The maximum atomic E-state index is 14.4. The van der Waals surface area contributed by atoms with Gasteiger partial charge >= 0.3 is 6.09 Å². The molecule has 0 saturated carbocycles. The van der Waals surface area contributed by atoms with Gasteiger partial charge in [-0.05, 0) is 37.1 Å². The monoisotopic (exact) mass is 453 g/mol. The van der Waals surface area contributed by atoms with Crippen LogP contribution in [0.5, 0.6) is 5.75 Å². The van der Waals surface area contributed by atoms with Crippen molar-refractivity contribution in [3.63, 3.8) is 0 Å². The van der Waals surface area contributed by atoms with Crippen LogP contribution in [0.15, 0.2) is 49.2 Å². The molecule has 170 valence electrons. The summed E-state index contributed by atoms with van der Waals surface area (Å²) in [5.74, 6) is -0.163. The zero-order chi connectivity index (χ0) is 22.8. The van der Waals surface area contributed by atoms with Gasteiger partial charge in [0.2, 0.25) is 5.65 Å². The number of nitrogens with zero attached hydrogens (tertiary/aromatic N) is 5. The highest BCUT2D eigenvalue weighted by Gasteiger charge is 2.30. The Hall–Kier alpha value is -4.02. The number of nitrogens with one attached hydrogen (secondary N) is 2. The molecule has 1 saturated heterocycles. The van der Waals surface area contributed by atoms with Gasteiger partial charge in [-0.15, -0.1) is 0 Å². The predicted octanol–water partition coefficient (Wildman–Crippen LogP) is 3.40. The van der Waals surface area contributed by atoms with Gasteiger partial charge in [0, 0.05) is 43.2 Å². The summed E-state index contributed by atoms with van der Waals surface area (Å²) >= 11 is 0. The van der Waals surface area contributed by atoms with E-state index in [-0.39, 0.29) is 11.8 Å². The van der Waals surface area contributed by atoms with Crippen LogP contribution in [0.1, 0.15) is 30.1 Å². The number of aromatic amines is 1. The summed E-state index contributed by atoms with van der Waals surface area (Å²) < 4.78 is 35.1. The van der Waals surface area contributed by atoms with Crippen LogP contribution < -0.4 is 15.0 Å². The van der Waals surface area contributed by atoms with Crippen molar-refractivity contribution >= 4 is 17.6 Å². The van der Waals surface area contributed by atoms with Crippen molar-refractivity contribution in [3.05, 3.63) is 72.1 Å². The van der Waals surface area contributed by atoms with Crippen molar-refractivity contribution in [1.29, 1.82) is 0 Å². The molecule has 0 radical (unpaired) electrons. The molecule has 1 fully saturated rings. The van der Waals surface area contributed by atoms with Gasteiger partial charge in [-0.2, -0.15) is 5.10 Å². The topological polar surface area (TPSA) is 100 Å². The minimum atomic E-state index is -0.627. The van der Waals surface area contributed by atoms with Crippen LogP contribution in [0.2, 0.25) is 0 Å². The van der Waals surface area contributed by atoms with Crippen LogP contribution in [-0.4, -0.2) is 43.7 Å². The molecule has 1 aliphatic rings. The Bertz CT molecular complexity index is 1280. The van der Waals surface area contributed by atoms with E-state index in [1.165, 1.54) is 16.8 Å². The Kier molecular flexibility index (Phi) is 5.59. The van der Waals surface area contributed by atoms with Gasteiger partial charge in [0.1, 0.15) is 17.5 Å². The van der Waals surface area contributed by atoms with Gasteiger partial charge in [-0.25, -0.2) is 28.1 Å². The number of carbonyl (C=O) groups excluding carboxylic acids is 1. The molecule has 0 aliphatic carbocycles. The molecule has 2 N–H and O–H groups in total. The van der Waals surface area contributed by atoms with Crippen molar-refractivity contribution < 1.29 is 18.3 Å². The molecule has 0 bridgehead atoms. The fourth-order valence-electron chi connectivity index (χ4n) is 4.06. The van der Waals surface area contributed by atoms with Gasteiger partial charge in [-0.3, -0.25) is 0 Å². The van der Waals surface area contributed by atoms with Crippen molar-refractivity contribution in [2.75, 3.05) is 18.0 Å². The third kappa shape index (κ3) is 4.34. The van der Waals surface area contributed by atoms with E-state index in [1.54, 1.807) is 24.8 Å². The van der Waals surface area contributed by atoms with Crippen LogP contribution in [0, 0.1) is 11.6 Å². The zero-order valence-electron chi connectivity index (χ0n) is 17.5. The van der Waals surface area contributed by atoms with Gasteiger partial charge in [0.05, 0.1) is 18.6 Å². The van der Waals surface area contributed by atoms with Gasteiger partial charge in [0.15, 0.2) is 5.75 Å². The second kappa shape index (κ2) is 8.85. The first-order valence-electron chi connectivity index (χ1n) is 10.6. The first kappa shape index (κ1) is 20.9. The number of benzene rings is 1. The fraction of sp³-hybridized carbons (Fsp3) is 0.273. The normalized spacial score (nSPS) is 15.8. The predicted molar refractivity (Wildman–Crippen MR) is 115 cm³/mol. The van der Waals surface area contributed by atoms with Gasteiger partial charge < -0.3 is 19.9 Å². The SMILES string of the molecule is O=C(NCCc1cnc[nH]1)Oc1cnn2ccc(N3CCC[C@@H]3c3cc(F)ccc3F)nc12. The number of aromatic nitrogens is 5. The lowest BCUT2D eigenvalue weighted by Gasteiger charge is -2.26. The molecular weight excluding hydrogens is 432 g/mol. The average Bonchev–Trinajstić information content (AvgIpc) is 3.57. The summed E-state index contributed by atoms with van der Waals surface area (Å²) in [7, 11) is 0. The minimum absolute atomic E-state index is 0.198. The highest BCUT2D eigenvalue weighted by molar-refractivity contribution is 5.73. The van der Waals surface area contributed by atoms with Crippen molar-refractivity contribution in [3.8, 4) is 5.75 Å². The number of imidazole rings is 1. The van der Waals surface area contributed by atoms with E-state index in [0.29, 0.717) is 43.0 Å². The number of amides is 1. The molecule has 1 atom stereocenters. The lowest BCUT2D eigenvalue weighted by Crippen LogP contribution is -2.29. The van der Waals surface area contributed by atoms with Crippen molar-refractivity contribution in [1.82, 2.24) is 29.9 Å². The number of hydrogen-bond acceptors (Lipinski definition) is 6. The lowest BCUT2D eigenvalue weighted by atomic mass is 10.0. The van der Waals surface area contributed by atoms with Gasteiger partial charge in [0.25, 0.3) is 0 Å². The summed E-state index contributed by atoms with van der Waals surface area (Å²) in [6.45, 7) is 1.01. The first-order valence-corrected chi connectivity index (χ1v) is 10.6. The van der Waals surface area contributed by atoms with Crippen molar-refractivity contribution in [2.24, 2.45) is 0 Å². The molecule has 0 unspecified atom stereocenters. The van der Waals surface area contributed by atoms with E-state index in [0.717, 1.165) is 24.2 Å². The Morgan fingerprint density at radius 3 is 3.03 bits per heavy atom. The Balaban J connectivity index is 1.33. The molecule has 11 heteroatoms. The van der Waals surface area contributed by atoms with Crippen molar-refractivity contribution in [2.45, 2.75) is 25.3 Å². The minimum Gasteiger partial charge on any atom is -0.405 e. The highest BCUT2D eigenvalue weighted by atomic mass is 19.1. The summed E-state index contributed by atoms with van der Waals surface area (Å²) in [5, 5.41) is 6.84. The summed E-state index contributed by atoms with van der Waals surface area (Å²) in [4.78, 5) is 25.6. The van der Waals surface area contributed by atoms with Crippen LogP contribution >= 0.6 is 0 Å². The average molecular weight is 453 g/mol. The first-order chi connectivity index (χ1) is 16.1. The molecular formula is C22H21F2N7O2. The smallest absolute Gasteiger partial charge is 0.405 e. The van der Waals surface area contributed by atoms with Crippen LogP contribution in [0.4, 0.5) is 19.4 Å². The molecule has 4 aromatic rings. The maximum absolute atomic E-state index is 14.4. The molecule has 1 aliphatic heterocycles. The van der Waals surface area contributed by atoms with E-state index in [2.05, 4.69) is 25.4 Å². The number of H-pyrrole nitrogens is 1. The van der Waals surface area contributed by atoms with E-state index >= 15 is 0 Å². The lowest BCUT2D eigenvalue weighted by molar-refractivity contribution is 0.201. The highest BCUT2D eigenvalue weighted by Crippen LogP contribution is 2.37. The second-order valence-corrected chi connectivity index (χ2v) is 7.72. The Morgan fingerprint density at radius 1 is 1.27 bits per heavy atom. The van der Waals surface area contributed by atoms with E-state index in [4.69, 9.17) is 4.74 Å². The summed E-state index contributed by atoms with van der Waals surface area (Å²) in [5.41, 5.74) is 1.55. The Labute approximate surface area is 187 Å². The van der Waals surface area contributed by atoms with Crippen LogP contribution in [0.25, 0.3) is 5.65 Å². The van der Waals surface area contributed by atoms with Gasteiger partial charge in [-0.1, -0.05) is 0 Å². The number of carbonyl (C=O) groups is 1. The molecule has 4 heterocycles. The molecule has 3 aromatic heterocycles. The third-order valence-corrected chi connectivity index (χ3v) is 5.61. The Morgan fingerprint density at radius 2 is 2.18 bits per heavy atom. The summed E-state index contributed by atoms with van der Waals surface area (Å²) in [6.07, 6.45) is 7.81. The number of ether oxygens (including phenoxy) is 1. The molecule has 1 amide bonds. The molecule has 33 heavy (non-hydrogen) atoms. The van der Waals surface area contributed by atoms with E-state index < -0.39 is 17.7 Å². The molecule has 9 nitrogen and oxygen atoms in total. The number of rotatable bonds is 6. The number of anilines is 1. The number of hydrogen-bond donors (Lipinski definition) is 2. The molecule has 1 aromatic carbocycles. The third-order valence-electron chi connectivity index (χ3n) is 5.61. The number of halogens is 2. The zero-order valence-corrected chi connectivity index (χ0v) is 17.5. The second-order valence-electron chi connectivity index (χ2n) is 7.72. The fourth-order valence-corrected chi connectivity index (χ4v) is 4.06. The maximum Gasteiger partial charge on any atom is 0.412 e. The summed E-state index contributed by atoms with van der Waals surface area (Å²) in [6, 6.07) is 4.90. The van der Waals surface area contributed by atoms with Crippen LogP contribution in [-0.2, 0) is 6.42 Å². The van der Waals surface area contributed by atoms with E-state index in [1.807, 2.05) is 4.90 Å².